The molecule has 140 valence electrons. The maximum absolute atomic E-state index is 12.9. The van der Waals surface area contributed by atoms with Gasteiger partial charge in [-0.05, 0) is 56.1 Å². The first-order chi connectivity index (χ1) is 11.9. The Hall–Kier alpha value is -1.06. The fourth-order valence-corrected chi connectivity index (χ4v) is 4.08. The lowest BCUT2D eigenvalue weighted by Gasteiger charge is -2.43. The number of hydrogen-bond donors (Lipinski definition) is 0. The zero-order valence-corrected chi connectivity index (χ0v) is 16.8. The van der Waals surface area contributed by atoms with Gasteiger partial charge in [0, 0.05) is 31.1 Å². The molecular weight excluding hydrogens is 334 g/mol. The Balaban J connectivity index is 2.27. The van der Waals surface area contributed by atoms with E-state index in [1.54, 1.807) is 0 Å². The van der Waals surface area contributed by atoms with Crippen molar-refractivity contribution >= 4 is 17.5 Å². The summed E-state index contributed by atoms with van der Waals surface area (Å²) in [4.78, 5) is 14.8. The van der Waals surface area contributed by atoms with Crippen molar-refractivity contribution in [3.63, 3.8) is 0 Å². The topological polar surface area (TPSA) is 29.5 Å². The molecule has 25 heavy (non-hydrogen) atoms. The Morgan fingerprint density at radius 1 is 1.32 bits per heavy atom. The fourth-order valence-electron chi connectivity index (χ4n) is 3.88. The van der Waals surface area contributed by atoms with E-state index in [1.165, 1.54) is 0 Å². The van der Waals surface area contributed by atoms with Gasteiger partial charge in [0.15, 0.2) is 0 Å². The van der Waals surface area contributed by atoms with Crippen molar-refractivity contribution in [1.29, 1.82) is 0 Å². The summed E-state index contributed by atoms with van der Waals surface area (Å²) >= 11 is 6.43. The fraction of sp³-hybridized carbons (Fsp3) is 0.667. The van der Waals surface area contributed by atoms with Gasteiger partial charge in [-0.15, -0.1) is 0 Å². The first-order valence-corrected chi connectivity index (χ1v) is 9.91. The third-order valence-electron chi connectivity index (χ3n) is 5.51. The van der Waals surface area contributed by atoms with Gasteiger partial charge in [-0.3, -0.25) is 4.79 Å². The number of rotatable bonds is 7. The van der Waals surface area contributed by atoms with E-state index in [-0.39, 0.29) is 17.4 Å². The summed E-state index contributed by atoms with van der Waals surface area (Å²) in [5.41, 5.74) is 1.07. The van der Waals surface area contributed by atoms with Crippen LogP contribution in [0.1, 0.15) is 52.5 Å². The lowest BCUT2D eigenvalue weighted by atomic mass is 9.69. The molecule has 1 aromatic carbocycles. The molecule has 1 saturated heterocycles. The average molecular weight is 366 g/mol. The van der Waals surface area contributed by atoms with Gasteiger partial charge in [0.2, 0.25) is 5.91 Å². The number of hydrogen-bond acceptors (Lipinski definition) is 2. The minimum absolute atomic E-state index is 0.0716. The zero-order valence-electron chi connectivity index (χ0n) is 16.1. The van der Waals surface area contributed by atoms with Crippen LogP contribution in [0.15, 0.2) is 24.3 Å². The highest BCUT2D eigenvalue weighted by atomic mass is 35.5. The van der Waals surface area contributed by atoms with Gasteiger partial charge in [-0.25, -0.2) is 0 Å². The van der Waals surface area contributed by atoms with Crippen molar-refractivity contribution in [3.05, 3.63) is 34.9 Å². The summed E-state index contributed by atoms with van der Waals surface area (Å²) < 4.78 is 6.00. The van der Waals surface area contributed by atoms with E-state index in [2.05, 4.69) is 19.9 Å². The monoisotopic (exact) mass is 365 g/mol. The van der Waals surface area contributed by atoms with Gasteiger partial charge >= 0.3 is 0 Å². The summed E-state index contributed by atoms with van der Waals surface area (Å²) in [6.07, 6.45) is 3.46. The minimum atomic E-state index is -0.0716. The smallest absolute Gasteiger partial charge is 0.223 e. The predicted octanol–water partition coefficient (Wildman–Crippen LogP) is 4.96. The highest BCUT2D eigenvalue weighted by Gasteiger charge is 2.40. The molecule has 0 aliphatic carbocycles. The standard InChI is InChI=1S/C21H32ClNO2/c1-5-23(6-2)20(24)15-21(11-12-25-19(14-21)16(3)4)13-17-9-7-8-10-18(17)22/h7-10,16,19H,5-6,11-15H2,1-4H3/t19-,21+/m1/s1. The number of amides is 1. The van der Waals surface area contributed by atoms with Crippen LogP contribution in [-0.4, -0.2) is 36.6 Å². The van der Waals surface area contributed by atoms with Crippen LogP contribution in [0, 0.1) is 11.3 Å². The quantitative estimate of drug-likeness (QED) is 0.683. The molecule has 3 nitrogen and oxygen atoms in total. The van der Waals surface area contributed by atoms with Crippen molar-refractivity contribution in [3.8, 4) is 0 Å². The molecule has 0 saturated carbocycles. The van der Waals surface area contributed by atoms with E-state index in [9.17, 15) is 4.79 Å². The van der Waals surface area contributed by atoms with Gasteiger partial charge < -0.3 is 9.64 Å². The Labute approximate surface area is 157 Å². The van der Waals surface area contributed by atoms with E-state index in [1.807, 2.05) is 36.9 Å². The van der Waals surface area contributed by atoms with E-state index in [0.29, 0.717) is 12.3 Å². The summed E-state index contributed by atoms with van der Waals surface area (Å²) in [5, 5.41) is 0.796. The first kappa shape index (κ1) is 20.3. The zero-order chi connectivity index (χ0) is 18.4. The summed E-state index contributed by atoms with van der Waals surface area (Å²) in [5.74, 6) is 0.705. The Bertz CT molecular complexity index is 571. The molecule has 0 bridgehead atoms. The van der Waals surface area contributed by atoms with Gasteiger partial charge in [0.1, 0.15) is 0 Å². The molecule has 0 N–H and O–H groups in total. The van der Waals surface area contributed by atoms with Crippen LogP contribution in [0.3, 0.4) is 0 Å². The molecule has 1 amide bonds. The molecule has 2 rings (SSSR count). The Kier molecular flexibility index (Phi) is 7.33. The van der Waals surface area contributed by atoms with Crippen LogP contribution in [0.2, 0.25) is 5.02 Å². The second kappa shape index (κ2) is 9.05. The van der Waals surface area contributed by atoms with Crippen LogP contribution in [0.4, 0.5) is 0 Å². The minimum Gasteiger partial charge on any atom is -0.378 e. The van der Waals surface area contributed by atoms with Crippen LogP contribution in [0.5, 0.6) is 0 Å². The molecule has 4 heteroatoms. The molecule has 0 radical (unpaired) electrons. The molecule has 1 aliphatic heterocycles. The van der Waals surface area contributed by atoms with Gasteiger partial charge in [0.25, 0.3) is 0 Å². The largest absolute Gasteiger partial charge is 0.378 e. The van der Waals surface area contributed by atoms with Crippen molar-refractivity contribution < 1.29 is 9.53 Å². The highest BCUT2D eigenvalue weighted by Crippen LogP contribution is 2.43. The van der Waals surface area contributed by atoms with Crippen molar-refractivity contribution in [2.75, 3.05) is 19.7 Å². The van der Waals surface area contributed by atoms with Gasteiger partial charge in [0.05, 0.1) is 6.10 Å². The molecule has 1 aliphatic rings. The molecule has 0 unspecified atom stereocenters. The van der Waals surface area contributed by atoms with E-state index < -0.39 is 0 Å². The lowest BCUT2D eigenvalue weighted by Crippen LogP contribution is -2.43. The van der Waals surface area contributed by atoms with Crippen molar-refractivity contribution in [1.82, 2.24) is 4.90 Å². The van der Waals surface area contributed by atoms with E-state index in [4.69, 9.17) is 16.3 Å². The number of benzene rings is 1. The average Bonchev–Trinajstić information content (AvgIpc) is 2.58. The van der Waals surface area contributed by atoms with Crippen LogP contribution in [0.25, 0.3) is 0 Å². The third-order valence-corrected chi connectivity index (χ3v) is 5.88. The molecule has 0 spiro atoms. The van der Waals surface area contributed by atoms with Crippen molar-refractivity contribution in [2.24, 2.45) is 11.3 Å². The Morgan fingerprint density at radius 2 is 2.00 bits per heavy atom. The molecule has 1 heterocycles. The number of carbonyl (C=O) groups is 1. The number of ether oxygens (including phenoxy) is 1. The van der Waals surface area contributed by atoms with Crippen LogP contribution < -0.4 is 0 Å². The van der Waals surface area contributed by atoms with Gasteiger partial charge in [-0.2, -0.15) is 0 Å². The summed E-state index contributed by atoms with van der Waals surface area (Å²) in [6.45, 7) is 10.7. The summed E-state index contributed by atoms with van der Waals surface area (Å²) in [6, 6.07) is 8.02. The number of nitrogens with zero attached hydrogens (tertiary/aromatic N) is 1. The molecule has 1 fully saturated rings. The Morgan fingerprint density at radius 3 is 2.60 bits per heavy atom. The van der Waals surface area contributed by atoms with E-state index in [0.717, 1.165) is 49.5 Å². The molecular formula is C21H32ClNO2. The summed E-state index contributed by atoms with van der Waals surface area (Å²) in [7, 11) is 0. The second-order valence-electron chi connectivity index (χ2n) is 7.62. The van der Waals surface area contributed by atoms with Gasteiger partial charge in [-0.1, -0.05) is 43.6 Å². The van der Waals surface area contributed by atoms with E-state index >= 15 is 0 Å². The normalized spacial score (nSPS) is 23.7. The number of halogens is 1. The first-order valence-electron chi connectivity index (χ1n) is 9.53. The molecule has 0 aromatic heterocycles. The van der Waals surface area contributed by atoms with Crippen molar-refractivity contribution in [2.45, 2.75) is 59.5 Å². The van der Waals surface area contributed by atoms with Crippen LogP contribution >= 0.6 is 11.6 Å². The number of carbonyl (C=O) groups excluding carboxylic acids is 1. The van der Waals surface area contributed by atoms with Crippen LogP contribution in [-0.2, 0) is 16.0 Å². The lowest BCUT2D eigenvalue weighted by molar-refractivity contribution is -0.137. The maximum Gasteiger partial charge on any atom is 0.223 e. The predicted molar refractivity (Wildman–Crippen MR) is 104 cm³/mol. The molecule has 1 aromatic rings. The third kappa shape index (κ3) is 5.21. The SMILES string of the molecule is CCN(CC)C(=O)C[C@]1(Cc2ccccc2Cl)CCO[C@@H](C(C)C)C1. The maximum atomic E-state index is 12.9. The second-order valence-corrected chi connectivity index (χ2v) is 8.03. The highest BCUT2D eigenvalue weighted by molar-refractivity contribution is 6.31. The molecule has 2 atom stereocenters.